The van der Waals surface area contributed by atoms with Gasteiger partial charge in [-0.3, -0.25) is 4.79 Å². The summed E-state index contributed by atoms with van der Waals surface area (Å²) in [6.45, 7) is 6.35. The second-order valence-electron chi connectivity index (χ2n) is 5.63. The maximum atomic E-state index is 13.1. The summed E-state index contributed by atoms with van der Waals surface area (Å²) in [5, 5.41) is 2.78. The average Bonchev–Trinajstić information content (AvgIpc) is 2.25. The average molecular weight is 270 g/mol. The van der Waals surface area contributed by atoms with E-state index >= 15 is 0 Å². The Bertz CT molecular complexity index is 435. The van der Waals surface area contributed by atoms with Gasteiger partial charge in [-0.1, -0.05) is 20.8 Å². The molecule has 5 heteroatoms. The molecule has 19 heavy (non-hydrogen) atoms. The van der Waals surface area contributed by atoms with E-state index in [1.807, 2.05) is 20.8 Å². The van der Waals surface area contributed by atoms with Gasteiger partial charge >= 0.3 is 0 Å². The Hall–Kier alpha value is -1.49. The highest BCUT2D eigenvalue weighted by molar-refractivity contribution is 5.94. The lowest BCUT2D eigenvalue weighted by Gasteiger charge is -2.31. The molecule has 0 heterocycles. The molecule has 0 saturated heterocycles. The number of amides is 1. The van der Waals surface area contributed by atoms with Crippen LogP contribution in [0.1, 0.15) is 37.6 Å². The smallest absolute Gasteiger partial charge is 0.251 e. The van der Waals surface area contributed by atoms with Crippen LogP contribution < -0.4 is 11.1 Å². The fraction of sp³-hybridized carbons (Fsp3) is 0.500. The van der Waals surface area contributed by atoms with Crippen LogP contribution in [0, 0.1) is 17.0 Å². The van der Waals surface area contributed by atoms with Crippen molar-refractivity contribution in [3.8, 4) is 0 Å². The van der Waals surface area contributed by atoms with E-state index in [9.17, 15) is 13.6 Å². The SMILES string of the molecule is CC(C)(C)C(CCN)NC(=O)c1cc(F)cc(F)c1. The minimum Gasteiger partial charge on any atom is -0.349 e. The van der Waals surface area contributed by atoms with Crippen LogP contribution in [0.3, 0.4) is 0 Å². The van der Waals surface area contributed by atoms with E-state index in [1.165, 1.54) is 0 Å². The third-order valence-electron chi connectivity index (χ3n) is 2.93. The molecule has 1 amide bonds. The van der Waals surface area contributed by atoms with Crippen molar-refractivity contribution in [3.05, 3.63) is 35.4 Å². The van der Waals surface area contributed by atoms with Crippen LogP contribution in [-0.2, 0) is 0 Å². The molecule has 106 valence electrons. The molecule has 0 bridgehead atoms. The molecule has 1 rings (SSSR count). The van der Waals surface area contributed by atoms with Gasteiger partial charge in [0, 0.05) is 17.7 Å². The molecule has 1 aromatic carbocycles. The Balaban J connectivity index is 2.87. The Morgan fingerprint density at radius 2 is 1.79 bits per heavy atom. The maximum Gasteiger partial charge on any atom is 0.251 e. The van der Waals surface area contributed by atoms with Crippen molar-refractivity contribution in [1.29, 1.82) is 0 Å². The molecule has 3 N–H and O–H groups in total. The van der Waals surface area contributed by atoms with Gasteiger partial charge in [-0.15, -0.1) is 0 Å². The van der Waals surface area contributed by atoms with E-state index in [0.29, 0.717) is 13.0 Å². The van der Waals surface area contributed by atoms with Gasteiger partial charge in [-0.2, -0.15) is 0 Å². The fourth-order valence-electron chi connectivity index (χ4n) is 1.81. The van der Waals surface area contributed by atoms with E-state index in [-0.39, 0.29) is 17.0 Å². The Kier molecular flexibility index (Phi) is 5.00. The van der Waals surface area contributed by atoms with Gasteiger partial charge in [-0.25, -0.2) is 8.78 Å². The topological polar surface area (TPSA) is 55.1 Å². The predicted octanol–water partition coefficient (Wildman–Crippen LogP) is 2.46. The first-order valence-electron chi connectivity index (χ1n) is 6.21. The number of rotatable bonds is 4. The summed E-state index contributed by atoms with van der Waals surface area (Å²) in [5.41, 5.74) is 5.31. The van der Waals surface area contributed by atoms with Gasteiger partial charge < -0.3 is 11.1 Å². The van der Waals surface area contributed by atoms with Crippen LogP contribution in [0.25, 0.3) is 0 Å². The number of halogens is 2. The summed E-state index contributed by atoms with van der Waals surface area (Å²) in [6.07, 6.45) is 0.604. The fourth-order valence-corrected chi connectivity index (χ4v) is 1.81. The van der Waals surface area contributed by atoms with Crippen molar-refractivity contribution in [2.45, 2.75) is 33.2 Å². The molecule has 0 aliphatic rings. The molecule has 0 aromatic heterocycles. The number of carbonyl (C=O) groups excluding carboxylic acids is 1. The van der Waals surface area contributed by atoms with Crippen LogP contribution in [-0.4, -0.2) is 18.5 Å². The zero-order chi connectivity index (χ0) is 14.6. The van der Waals surface area contributed by atoms with Gasteiger partial charge in [0.2, 0.25) is 0 Å². The summed E-state index contributed by atoms with van der Waals surface area (Å²) in [4.78, 5) is 12.0. The van der Waals surface area contributed by atoms with Crippen LogP contribution in [0.2, 0.25) is 0 Å². The number of carbonyl (C=O) groups is 1. The normalized spacial score (nSPS) is 13.2. The van der Waals surface area contributed by atoms with Gasteiger partial charge in [0.05, 0.1) is 0 Å². The number of hydrogen-bond acceptors (Lipinski definition) is 2. The standard InChI is InChI=1S/C14H20F2N2O/c1-14(2,3)12(4-5-17)18-13(19)9-6-10(15)8-11(16)7-9/h6-8,12H,4-5,17H2,1-3H3,(H,18,19). The zero-order valence-electron chi connectivity index (χ0n) is 11.5. The minimum absolute atomic E-state index is 0.0243. The van der Waals surface area contributed by atoms with Gasteiger partial charge in [0.1, 0.15) is 11.6 Å². The molecule has 1 unspecified atom stereocenters. The number of nitrogens with one attached hydrogen (secondary N) is 1. The Labute approximate surface area is 112 Å². The lowest BCUT2D eigenvalue weighted by Crippen LogP contribution is -2.44. The number of hydrogen-bond donors (Lipinski definition) is 2. The van der Waals surface area contributed by atoms with Gasteiger partial charge in [0.15, 0.2) is 0 Å². The Morgan fingerprint density at radius 1 is 1.26 bits per heavy atom. The van der Waals surface area contributed by atoms with Crippen molar-refractivity contribution >= 4 is 5.91 Å². The molecule has 1 aromatic rings. The summed E-state index contributed by atoms with van der Waals surface area (Å²) < 4.78 is 26.1. The third kappa shape index (κ3) is 4.59. The maximum absolute atomic E-state index is 13.1. The van der Waals surface area contributed by atoms with Crippen molar-refractivity contribution in [2.24, 2.45) is 11.1 Å². The molecular formula is C14H20F2N2O. The molecule has 0 radical (unpaired) electrons. The van der Waals surface area contributed by atoms with Crippen LogP contribution >= 0.6 is 0 Å². The van der Waals surface area contributed by atoms with Crippen LogP contribution in [0.15, 0.2) is 18.2 Å². The van der Waals surface area contributed by atoms with E-state index in [4.69, 9.17) is 5.73 Å². The molecule has 3 nitrogen and oxygen atoms in total. The van der Waals surface area contributed by atoms with Crippen molar-refractivity contribution in [3.63, 3.8) is 0 Å². The molecule has 1 atom stereocenters. The largest absolute Gasteiger partial charge is 0.349 e. The molecule has 0 saturated carbocycles. The van der Waals surface area contributed by atoms with Crippen LogP contribution in [0.5, 0.6) is 0 Å². The van der Waals surface area contributed by atoms with Crippen LogP contribution in [0.4, 0.5) is 8.78 Å². The second-order valence-corrected chi connectivity index (χ2v) is 5.63. The lowest BCUT2D eigenvalue weighted by atomic mass is 9.84. The first-order valence-corrected chi connectivity index (χ1v) is 6.21. The van der Waals surface area contributed by atoms with Crippen molar-refractivity contribution < 1.29 is 13.6 Å². The van der Waals surface area contributed by atoms with Crippen molar-refractivity contribution in [2.75, 3.05) is 6.54 Å². The highest BCUT2D eigenvalue weighted by Gasteiger charge is 2.26. The Morgan fingerprint density at radius 3 is 2.21 bits per heavy atom. The summed E-state index contributed by atoms with van der Waals surface area (Å²) in [7, 11) is 0. The summed E-state index contributed by atoms with van der Waals surface area (Å²) in [5.74, 6) is -2.03. The number of nitrogens with two attached hydrogens (primary N) is 1. The molecule has 0 aliphatic heterocycles. The van der Waals surface area contributed by atoms with E-state index in [2.05, 4.69) is 5.32 Å². The minimum atomic E-state index is -0.767. The van der Waals surface area contributed by atoms with E-state index < -0.39 is 17.5 Å². The monoisotopic (exact) mass is 270 g/mol. The molecule has 0 fully saturated rings. The number of benzene rings is 1. The predicted molar refractivity (Wildman–Crippen MR) is 70.7 cm³/mol. The highest BCUT2D eigenvalue weighted by Crippen LogP contribution is 2.22. The first-order chi connectivity index (χ1) is 8.74. The van der Waals surface area contributed by atoms with E-state index in [1.54, 1.807) is 0 Å². The third-order valence-corrected chi connectivity index (χ3v) is 2.93. The quantitative estimate of drug-likeness (QED) is 0.883. The molecular weight excluding hydrogens is 250 g/mol. The van der Waals surface area contributed by atoms with Gasteiger partial charge in [0.25, 0.3) is 5.91 Å². The lowest BCUT2D eigenvalue weighted by molar-refractivity contribution is 0.0898. The molecule has 0 spiro atoms. The summed E-state index contributed by atoms with van der Waals surface area (Å²) >= 11 is 0. The zero-order valence-corrected chi connectivity index (χ0v) is 11.5. The molecule has 0 aliphatic carbocycles. The van der Waals surface area contributed by atoms with E-state index in [0.717, 1.165) is 18.2 Å². The second kappa shape index (κ2) is 6.10. The van der Waals surface area contributed by atoms with Crippen molar-refractivity contribution in [1.82, 2.24) is 5.32 Å². The van der Waals surface area contributed by atoms with Gasteiger partial charge in [-0.05, 0) is 30.5 Å². The first kappa shape index (κ1) is 15.6. The highest BCUT2D eigenvalue weighted by atomic mass is 19.1. The summed E-state index contributed by atoms with van der Waals surface area (Å²) in [6, 6.07) is 2.61.